The maximum absolute atomic E-state index is 12.3. The monoisotopic (exact) mass is 334 g/mol. The van der Waals surface area contributed by atoms with E-state index in [9.17, 15) is 4.79 Å². The van der Waals surface area contributed by atoms with Gasteiger partial charge in [0.2, 0.25) is 5.91 Å². The third kappa shape index (κ3) is 5.87. The molecule has 0 aliphatic carbocycles. The lowest BCUT2D eigenvalue weighted by molar-refractivity contribution is -0.122. The van der Waals surface area contributed by atoms with Crippen molar-refractivity contribution in [2.24, 2.45) is 0 Å². The highest BCUT2D eigenvalue weighted by Gasteiger charge is 2.20. The molecule has 6 nitrogen and oxygen atoms in total. The maximum atomic E-state index is 12.3. The first kappa shape index (κ1) is 18.9. The third-order valence-electron chi connectivity index (χ3n) is 4.55. The van der Waals surface area contributed by atoms with Gasteiger partial charge in [0.1, 0.15) is 0 Å². The second-order valence-corrected chi connectivity index (χ2v) is 6.54. The molecular formula is C18H30N4O2. The molecule has 1 aromatic carbocycles. The molecule has 2 rings (SSSR count). The van der Waals surface area contributed by atoms with Crippen LogP contribution in [0.1, 0.15) is 11.6 Å². The quantitative estimate of drug-likeness (QED) is 0.702. The maximum Gasteiger partial charge on any atom is 0.234 e. The van der Waals surface area contributed by atoms with Crippen molar-refractivity contribution in [2.75, 3.05) is 66.5 Å². The summed E-state index contributed by atoms with van der Waals surface area (Å²) < 4.78 is 0. The van der Waals surface area contributed by atoms with Gasteiger partial charge in [-0.1, -0.05) is 30.3 Å². The zero-order chi connectivity index (χ0) is 17.4. The first-order valence-corrected chi connectivity index (χ1v) is 8.64. The molecule has 1 aliphatic heterocycles. The van der Waals surface area contributed by atoms with Crippen LogP contribution < -0.4 is 5.32 Å². The van der Waals surface area contributed by atoms with E-state index < -0.39 is 0 Å². The molecule has 1 amide bonds. The summed E-state index contributed by atoms with van der Waals surface area (Å²) in [4.78, 5) is 18.8. The number of hydrogen-bond donors (Lipinski definition) is 2. The van der Waals surface area contributed by atoms with Crippen molar-refractivity contribution in [1.82, 2.24) is 20.0 Å². The summed E-state index contributed by atoms with van der Waals surface area (Å²) in [5, 5.41) is 12.0. The number of amides is 1. The van der Waals surface area contributed by atoms with E-state index in [1.54, 1.807) is 0 Å². The van der Waals surface area contributed by atoms with Crippen LogP contribution in [0, 0.1) is 0 Å². The third-order valence-corrected chi connectivity index (χ3v) is 4.55. The van der Waals surface area contributed by atoms with Gasteiger partial charge < -0.3 is 15.3 Å². The zero-order valence-electron chi connectivity index (χ0n) is 14.8. The molecule has 0 radical (unpaired) electrons. The Morgan fingerprint density at radius 2 is 1.79 bits per heavy atom. The lowest BCUT2D eigenvalue weighted by Gasteiger charge is -2.34. The average molecular weight is 334 g/mol. The Hall–Kier alpha value is -1.47. The van der Waals surface area contributed by atoms with Gasteiger partial charge in [0, 0.05) is 39.3 Å². The number of aliphatic hydroxyl groups is 1. The van der Waals surface area contributed by atoms with Gasteiger partial charge in [0.15, 0.2) is 0 Å². The van der Waals surface area contributed by atoms with Crippen molar-refractivity contribution < 1.29 is 9.90 Å². The molecule has 134 valence electrons. The number of aliphatic hydroxyl groups excluding tert-OH is 1. The molecular weight excluding hydrogens is 304 g/mol. The summed E-state index contributed by atoms with van der Waals surface area (Å²) in [5.41, 5.74) is 1.21. The number of β-amino-alcohol motifs (C(OH)–C–C–N with tert-alkyl or cyclic N) is 1. The Kier molecular flexibility index (Phi) is 7.65. The van der Waals surface area contributed by atoms with Crippen LogP contribution in [-0.2, 0) is 4.79 Å². The molecule has 0 bridgehead atoms. The molecule has 1 fully saturated rings. The minimum Gasteiger partial charge on any atom is -0.395 e. The molecule has 1 aromatic rings. The SMILES string of the molecule is CN(C)[C@H](CNC(=O)CN1CCN(CCO)CC1)c1ccccc1. The number of carbonyl (C=O) groups is 1. The van der Waals surface area contributed by atoms with Crippen molar-refractivity contribution in [3.05, 3.63) is 35.9 Å². The second-order valence-electron chi connectivity index (χ2n) is 6.54. The van der Waals surface area contributed by atoms with E-state index in [-0.39, 0.29) is 18.6 Å². The number of benzene rings is 1. The van der Waals surface area contributed by atoms with Crippen LogP contribution in [0.25, 0.3) is 0 Å². The number of piperazine rings is 1. The molecule has 24 heavy (non-hydrogen) atoms. The van der Waals surface area contributed by atoms with Crippen molar-refractivity contribution in [3.63, 3.8) is 0 Å². The number of likely N-dealkylation sites (N-methyl/N-ethyl adjacent to an activating group) is 1. The van der Waals surface area contributed by atoms with Gasteiger partial charge in [-0.2, -0.15) is 0 Å². The molecule has 0 saturated carbocycles. The lowest BCUT2D eigenvalue weighted by atomic mass is 10.1. The van der Waals surface area contributed by atoms with Gasteiger partial charge >= 0.3 is 0 Å². The number of hydrogen-bond acceptors (Lipinski definition) is 5. The average Bonchev–Trinajstić information content (AvgIpc) is 2.58. The van der Waals surface area contributed by atoms with Crippen LogP contribution in [0.5, 0.6) is 0 Å². The summed E-state index contributed by atoms with van der Waals surface area (Å²) >= 11 is 0. The summed E-state index contributed by atoms with van der Waals surface area (Å²) in [7, 11) is 4.06. The first-order valence-electron chi connectivity index (χ1n) is 8.64. The van der Waals surface area contributed by atoms with Crippen molar-refractivity contribution in [1.29, 1.82) is 0 Å². The fourth-order valence-electron chi connectivity index (χ4n) is 3.06. The largest absolute Gasteiger partial charge is 0.395 e. The van der Waals surface area contributed by atoms with E-state index in [1.165, 1.54) is 5.56 Å². The molecule has 1 heterocycles. The minimum absolute atomic E-state index is 0.0772. The van der Waals surface area contributed by atoms with Crippen LogP contribution in [0.3, 0.4) is 0 Å². The van der Waals surface area contributed by atoms with Crippen molar-refractivity contribution in [3.8, 4) is 0 Å². The van der Waals surface area contributed by atoms with Crippen LogP contribution in [0.4, 0.5) is 0 Å². The van der Waals surface area contributed by atoms with E-state index in [2.05, 4.69) is 32.1 Å². The molecule has 2 N–H and O–H groups in total. The molecule has 1 aliphatic rings. The van der Waals surface area contributed by atoms with Crippen LogP contribution in [0.2, 0.25) is 0 Å². The van der Waals surface area contributed by atoms with Gasteiger partial charge in [-0.15, -0.1) is 0 Å². The molecule has 1 atom stereocenters. The number of nitrogens with zero attached hydrogens (tertiary/aromatic N) is 3. The number of carbonyl (C=O) groups excluding carboxylic acids is 1. The molecule has 0 aromatic heterocycles. The normalized spacial score (nSPS) is 17.8. The van der Waals surface area contributed by atoms with E-state index >= 15 is 0 Å². The smallest absolute Gasteiger partial charge is 0.234 e. The zero-order valence-corrected chi connectivity index (χ0v) is 14.8. The van der Waals surface area contributed by atoms with Gasteiger partial charge in [-0.05, 0) is 19.7 Å². The minimum atomic E-state index is 0.0772. The summed E-state index contributed by atoms with van der Waals surface area (Å²) in [6.45, 7) is 5.57. The highest BCUT2D eigenvalue weighted by atomic mass is 16.3. The van der Waals surface area contributed by atoms with E-state index in [1.807, 2.05) is 32.3 Å². The molecule has 6 heteroatoms. The first-order chi connectivity index (χ1) is 11.6. The summed E-state index contributed by atoms with van der Waals surface area (Å²) in [5.74, 6) is 0.0772. The van der Waals surface area contributed by atoms with Gasteiger partial charge in [-0.25, -0.2) is 0 Å². The van der Waals surface area contributed by atoms with Crippen LogP contribution in [0.15, 0.2) is 30.3 Å². The Morgan fingerprint density at radius 1 is 1.17 bits per heavy atom. The number of nitrogens with one attached hydrogen (secondary N) is 1. The Balaban J connectivity index is 1.76. The molecule has 0 spiro atoms. The van der Waals surface area contributed by atoms with Gasteiger partial charge in [0.05, 0.1) is 19.2 Å². The highest BCUT2D eigenvalue weighted by Crippen LogP contribution is 2.16. The Bertz CT molecular complexity index is 487. The van der Waals surface area contributed by atoms with Crippen LogP contribution >= 0.6 is 0 Å². The Morgan fingerprint density at radius 3 is 2.38 bits per heavy atom. The molecule has 1 saturated heterocycles. The van der Waals surface area contributed by atoms with E-state index in [0.717, 1.165) is 32.7 Å². The fraction of sp³-hybridized carbons (Fsp3) is 0.611. The summed E-state index contributed by atoms with van der Waals surface area (Å²) in [6, 6.07) is 10.4. The highest BCUT2D eigenvalue weighted by molar-refractivity contribution is 5.78. The lowest BCUT2D eigenvalue weighted by Crippen LogP contribution is -2.50. The molecule has 0 unspecified atom stereocenters. The van der Waals surface area contributed by atoms with Crippen molar-refractivity contribution >= 4 is 5.91 Å². The number of rotatable bonds is 8. The Labute approximate surface area is 145 Å². The van der Waals surface area contributed by atoms with E-state index in [4.69, 9.17) is 5.11 Å². The van der Waals surface area contributed by atoms with Gasteiger partial charge in [0.25, 0.3) is 0 Å². The topological polar surface area (TPSA) is 59.1 Å². The second kappa shape index (κ2) is 9.74. The van der Waals surface area contributed by atoms with E-state index in [0.29, 0.717) is 13.1 Å². The summed E-state index contributed by atoms with van der Waals surface area (Å²) in [6.07, 6.45) is 0. The standard InChI is InChI=1S/C18H30N4O2/c1-20(2)17(16-6-4-3-5-7-16)14-19-18(24)15-22-10-8-21(9-11-22)12-13-23/h3-7,17,23H,8-15H2,1-2H3,(H,19,24)/t17-/m1/s1. The predicted octanol–water partition coefficient (Wildman–Crippen LogP) is 0.0154. The fourth-order valence-corrected chi connectivity index (χ4v) is 3.06. The van der Waals surface area contributed by atoms with Crippen molar-refractivity contribution in [2.45, 2.75) is 6.04 Å². The predicted molar refractivity (Wildman–Crippen MR) is 95.8 cm³/mol. The van der Waals surface area contributed by atoms with Crippen LogP contribution in [-0.4, -0.2) is 92.2 Å². The van der Waals surface area contributed by atoms with Gasteiger partial charge in [-0.3, -0.25) is 14.6 Å².